The number of aliphatic hydroxyl groups excluding tert-OH is 2. The summed E-state index contributed by atoms with van der Waals surface area (Å²) in [4.78, 5) is 25.4. The molecule has 0 saturated carbocycles. The molecule has 0 radical (unpaired) electrons. The monoisotopic (exact) mass is 214 g/mol. The fraction of sp³-hybridized carbons (Fsp3) is 0.625. The Morgan fingerprint density at radius 2 is 2.07 bits per heavy atom. The Balaban J connectivity index is 2.82. The smallest absolute Gasteiger partial charge is 0.326 e. The van der Waals surface area contributed by atoms with E-state index in [0.29, 0.717) is 6.21 Å². The summed E-state index contributed by atoms with van der Waals surface area (Å²) < 4.78 is 4.73. The normalized spacial score (nSPS) is 23.4. The van der Waals surface area contributed by atoms with Gasteiger partial charge >= 0.3 is 6.21 Å². The van der Waals surface area contributed by atoms with E-state index in [0.717, 1.165) is 0 Å². The molecule has 0 aromatic carbocycles. The number of hydrogen-bond donors (Lipinski definition) is 2. The highest BCUT2D eigenvalue weighted by Crippen LogP contribution is 2.31. The maximum Gasteiger partial charge on any atom is 0.326 e. The van der Waals surface area contributed by atoms with Gasteiger partial charge in [0.2, 0.25) is 5.60 Å². The van der Waals surface area contributed by atoms with Gasteiger partial charge in [-0.25, -0.2) is 0 Å². The molecule has 1 fully saturated rings. The minimum absolute atomic E-state index is 0.118. The van der Waals surface area contributed by atoms with E-state index in [1.165, 1.54) is 0 Å². The van der Waals surface area contributed by atoms with Crippen LogP contribution in [0.4, 0.5) is 0 Å². The van der Waals surface area contributed by atoms with E-state index in [-0.39, 0.29) is 6.61 Å². The third-order valence-corrected chi connectivity index (χ3v) is 2.22. The van der Waals surface area contributed by atoms with Crippen LogP contribution in [0.15, 0.2) is 0 Å². The molecule has 15 heavy (non-hydrogen) atoms. The van der Waals surface area contributed by atoms with E-state index in [1.54, 1.807) is 0 Å². The lowest BCUT2D eigenvalue weighted by Crippen LogP contribution is -2.42. The number of hydrogen-bond acceptors (Lipinski definition) is 5. The molecule has 0 bridgehead atoms. The van der Waals surface area contributed by atoms with Crippen molar-refractivity contribution >= 4 is 17.8 Å². The summed E-state index contributed by atoms with van der Waals surface area (Å²) >= 11 is 0. The molecule has 1 atom stereocenters. The molecule has 0 amide bonds. The van der Waals surface area contributed by atoms with Crippen LogP contribution in [0.1, 0.15) is 0 Å². The number of aliphatic hydroxyl groups is 2. The van der Waals surface area contributed by atoms with Crippen molar-refractivity contribution in [2.75, 3.05) is 19.8 Å². The van der Waals surface area contributed by atoms with E-state index in [1.807, 2.05) is 0 Å². The van der Waals surface area contributed by atoms with Crippen molar-refractivity contribution in [3.05, 3.63) is 5.53 Å². The molecule has 1 aliphatic heterocycles. The topological polar surface area (TPSA) is 124 Å². The molecule has 1 saturated heterocycles. The van der Waals surface area contributed by atoms with Gasteiger partial charge in [-0.3, -0.25) is 9.59 Å². The molecule has 1 aliphatic rings. The summed E-state index contributed by atoms with van der Waals surface area (Å²) in [6.45, 7) is -1.25. The number of carbonyl (C=O) groups excluding carboxylic acids is 2. The van der Waals surface area contributed by atoms with Crippen LogP contribution in [0.5, 0.6) is 0 Å². The number of nitrogens with zero attached hydrogens (tertiary/aromatic N) is 2. The highest BCUT2D eigenvalue weighted by atomic mass is 16.6. The minimum atomic E-state index is -1.66. The van der Waals surface area contributed by atoms with Crippen LogP contribution in [0.3, 0.4) is 0 Å². The molecular formula is C8H10N2O5. The lowest BCUT2D eigenvalue weighted by atomic mass is 9.91. The van der Waals surface area contributed by atoms with E-state index in [2.05, 4.69) is 4.79 Å². The molecule has 82 valence electrons. The highest BCUT2D eigenvalue weighted by Gasteiger charge is 2.60. The Morgan fingerprint density at radius 3 is 2.40 bits per heavy atom. The number of rotatable bonds is 6. The Labute approximate surface area is 84.9 Å². The zero-order valence-electron chi connectivity index (χ0n) is 7.79. The third kappa shape index (κ3) is 2.00. The first kappa shape index (κ1) is 11.7. The molecule has 1 rings (SSSR count). The van der Waals surface area contributed by atoms with Gasteiger partial charge in [0, 0.05) is 0 Å². The van der Waals surface area contributed by atoms with Gasteiger partial charge in [-0.05, 0) is 0 Å². The average Bonchev–Trinajstić information content (AvgIpc) is 3.00. The van der Waals surface area contributed by atoms with Crippen molar-refractivity contribution in [3.63, 3.8) is 0 Å². The molecule has 7 nitrogen and oxygen atoms in total. The van der Waals surface area contributed by atoms with Gasteiger partial charge in [-0.2, -0.15) is 4.79 Å². The maximum absolute atomic E-state index is 11.6. The molecule has 2 N–H and O–H groups in total. The Hall–Kier alpha value is -1.40. The molecule has 0 aromatic rings. The molecule has 7 heteroatoms. The van der Waals surface area contributed by atoms with Crippen LogP contribution >= 0.6 is 0 Å². The van der Waals surface area contributed by atoms with E-state index < -0.39 is 36.3 Å². The van der Waals surface area contributed by atoms with Crippen molar-refractivity contribution in [1.82, 2.24) is 0 Å². The maximum atomic E-state index is 11.6. The Morgan fingerprint density at radius 1 is 1.53 bits per heavy atom. The fourth-order valence-electron chi connectivity index (χ4n) is 1.19. The van der Waals surface area contributed by atoms with Gasteiger partial charge in [0.1, 0.15) is 0 Å². The predicted molar refractivity (Wildman–Crippen MR) is 46.0 cm³/mol. The van der Waals surface area contributed by atoms with Gasteiger partial charge in [0.25, 0.3) is 5.78 Å². The standard InChI is InChI=1S/C8H10N2O5/c9-10-1-6(13)8(4-15-8)7(14)5(2-11)3-12/h1,5,11-12H,2-4H2/t8-/m0/s1. The summed E-state index contributed by atoms with van der Waals surface area (Å²) in [5.74, 6) is -2.54. The van der Waals surface area contributed by atoms with Crippen molar-refractivity contribution in [3.8, 4) is 0 Å². The van der Waals surface area contributed by atoms with Crippen molar-refractivity contribution in [2.45, 2.75) is 5.60 Å². The van der Waals surface area contributed by atoms with Crippen molar-refractivity contribution in [1.29, 1.82) is 0 Å². The van der Waals surface area contributed by atoms with Gasteiger partial charge in [-0.1, -0.05) is 0 Å². The molecule has 0 aromatic heterocycles. The quantitative estimate of drug-likeness (QED) is 0.171. The molecule has 0 unspecified atom stereocenters. The number of Topliss-reactive ketones (excluding diaryl/α,β-unsaturated/α-hetero) is 2. The first-order valence-corrected chi connectivity index (χ1v) is 4.24. The highest BCUT2D eigenvalue weighted by molar-refractivity contribution is 6.37. The van der Waals surface area contributed by atoms with Gasteiger partial charge in [0.15, 0.2) is 5.78 Å². The van der Waals surface area contributed by atoms with Gasteiger partial charge in [-0.15, -0.1) is 0 Å². The summed E-state index contributed by atoms with van der Waals surface area (Å²) in [5, 5.41) is 17.5. The predicted octanol–water partition coefficient (Wildman–Crippen LogP) is -2.20. The van der Waals surface area contributed by atoms with Crippen LogP contribution in [0, 0.1) is 5.92 Å². The van der Waals surface area contributed by atoms with Crippen LogP contribution in [-0.4, -0.2) is 58.2 Å². The second-order valence-electron chi connectivity index (χ2n) is 3.15. The molecular weight excluding hydrogens is 204 g/mol. The van der Waals surface area contributed by atoms with Crippen molar-refractivity contribution in [2.24, 2.45) is 5.92 Å². The van der Waals surface area contributed by atoms with Gasteiger partial charge in [0.05, 0.1) is 25.7 Å². The van der Waals surface area contributed by atoms with Crippen LogP contribution < -0.4 is 0 Å². The number of epoxide rings is 1. The summed E-state index contributed by atoms with van der Waals surface area (Å²) in [6.07, 6.45) is 0.566. The van der Waals surface area contributed by atoms with Crippen molar-refractivity contribution < 1.29 is 29.3 Å². The SMILES string of the molecule is [N-]=[N+]=CC(=O)[C@]1(C(=O)C(CO)CO)CO1. The largest absolute Gasteiger partial charge is 0.396 e. The Bertz CT molecular complexity index is 326. The fourth-order valence-corrected chi connectivity index (χ4v) is 1.19. The zero-order chi connectivity index (χ0) is 11.5. The first-order chi connectivity index (χ1) is 7.12. The molecule has 0 spiro atoms. The number of ketones is 2. The van der Waals surface area contributed by atoms with E-state index in [9.17, 15) is 9.59 Å². The van der Waals surface area contributed by atoms with E-state index >= 15 is 0 Å². The number of ether oxygens (including phenoxy) is 1. The summed E-state index contributed by atoms with van der Waals surface area (Å²) in [5.41, 5.74) is 6.48. The lowest BCUT2D eigenvalue weighted by Gasteiger charge is -2.12. The summed E-state index contributed by atoms with van der Waals surface area (Å²) in [6, 6.07) is 0. The van der Waals surface area contributed by atoms with Crippen LogP contribution in [0.2, 0.25) is 0 Å². The zero-order valence-corrected chi connectivity index (χ0v) is 7.79. The Kier molecular flexibility index (Phi) is 3.43. The second kappa shape index (κ2) is 4.41. The minimum Gasteiger partial charge on any atom is -0.396 e. The lowest BCUT2D eigenvalue weighted by molar-refractivity contribution is -0.137. The molecule has 1 heterocycles. The third-order valence-electron chi connectivity index (χ3n) is 2.22. The van der Waals surface area contributed by atoms with Crippen LogP contribution in [-0.2, 0) is 14.3 Å². The van der Waals surface area contributed by atoms with Gasteiger partial charge < -0.3 is 20.5 Å². The summed E-state index contributed by atoms with van der Waals surface area (Å²) in [7, 11) is 0. The van der Waals surface area contributed by atoms with Crippen LogP contribution in [0.25, 0.3) is 5.53 Å². The average molecular weight is 214 g/mol. The second-order valence-corrected chi connectivity index (χ2v) is 3.15. The van der Waals surface area contributed by atoms with E-state index in [4.69, 9.17) is 20.5 Å². The molecule has 0 aliphatic carbocycles. The first-order valence-electron chi connectivity index (χ1n) is 4.24. The number of carbonyl (C=O) groups is 2.